The molecular weight excluding hydrogens is 158 g/mol. The molecule has 0 saturated carbocycles. The number of rotatable bonds is 2. The number of hydrogen-bond donors (Lipinski definition) is 3. The Hall–Kier alpha value is -2.06. The van der Waals surface area contributed by atoms with Gasteiger partial charge in [0.2, 0.25) is 5.96 Å². The molecular formula is C2H5N5O4. The topological polar surface area (TPSA) is 149 Å². The van der Waals surface area contributed by atoms with Crippen LogP contribution in [0.4, 0.5) is 4.79 Å². The summed E-state index contributed by atoms with van der Waals surface area (Å²) in [5, 5.41) is 14.7. The summed E-state index contributed by atoms with van der Waals surface area (Å²) >= 11 is 0. The third-order valence-corrected chi connectivity index (χ3v) is 0.567. The normalized spacial score (nSPS) is 8.36. The summed E-state index contributed by atoms with van der Waals surface area (Å²) in [6, 6.07) is -1.34. The molecule has 0 spiro atoms. The fraction of sp³-hybridized carbons (Fsp3) is 0. The maximum absolute atomic E-state index is 10.2. The number of hydroxylamine groups is 2. The average Bonchev–Trinajstić information content (AvgIpc) is 1.81. The zero-order chi connectivity index (χ0) is 9.02. The maximum atomic E-state index is 10.2. The van der Waals surface area contributed by atoms with Crippen molar-refractivity contribution in [1.82, 2.24) is 5.06 Å². The molecule has 0 aliphatic heterocycles. The van der Waals surface area contributed by atoms with Gasteiger partial charge in [-0.15, -0.1) is 10.1 Å². The molecule has 0 aliphatic rings. The van der Waals surface area contributed by atoms with E-state index in [0.717, 1.165) is 0 Å². The Bertz CT molecular complexity index is 187. The Morgan fingerprint density at radius 3 is 2.18 bits per heavy atom. The second kappa shape index (κ2) is 3.20. The SMILES string of the molecule is N=C(N)N(O[N+](=O)[O-])C(N)=O. The molecule has 5 N–H and O–H groups in total. The summed E-state index contributed by atoms with van der Waals surface area (Å²) in [5.41, 5.74) is 9.19. The summed E-state index contributed by atoms with van der Waals surface area (Å²) in [5.74, 6) is -0.964. The largest absolute Gasteiger partial charge is 0.368 e. The van der Waals surface area contributed by atoms with Gasteiger partial charge in [-0.1, -0.05) is 5.06 Å². The first kappa shape index (κ1) is 8.94. The first-order valence-electron chi connectivity index (χ1n) is 2.21. The molecule has 0 aromatic carbocycles. The third-order valence-electron chi connectivity index (χ3n) is 0.567. The van der Waals surface area contributed by atoms with E-state index in [1.54, 1.807) is 0 Å². The summed E-state index contributed by atoms with van der Waals surface area (Å²) in [4.78, 5) is 23.3. The molecule has 0 bridgehead atoms. The highest BCUT2D eigenvalue weighted by Gasteiger charge is 2.16. The smallest absolute Gasteiger partial charge is 0.346 e. The third kappa shape index (κ3) is 2.84. The molecule has 9 heteroatoms. The van der Waals surface area contributed by atoms with Gasteiger partial charge in [0.25, 0.3) is 0 Å². The van der Waals surface area contributed by atoms with E-state index in [2.05, 4.69) is 16.4 Å². The lowest BCUT2D eigenvalue weighted by atomic mass is 10.9. The summed E-state index contributed by atoms with van der Waals surface area (Å²) in [7, 11) is 0. The van der Waals surface area contributed by atoms with Gasteiger partial charge in [0, 0.05) is 0 Å². The van der Waals surface area contributed by atoms with Gasteiger partial charge in [-0.05, 0) is 0 Å². The Balaban J connectivity index is 4.23. The molecule has 9 nitrogen and oxygen atoms in total. The van der Waals surface area contributed by atoms with Crippen LogP contribution in [0.5, 0.6) is 0 Å². The Kier molecular flexibility index (Phi) is 2.60. The van der Waals surface area contributed by atoms with E-state index in [4.69, 9.17) is 5.41 Å². The molecule has 11 heavy (non-hydrogen) atoms. The van der Waals surface area contributed by atoms with Crippen LogP contribution in [0.1, 0.15) is 0 Å². The molecule has 0 aromatic heterocycles. The van der Waals surface area contributed by atoms with Crippen LogP contribution in [0.25, 0.3) is 0 Å². The standard InChI is InChI=1S/C2H5N5O4/c3-1(4)6(2(5)8)11-7(9)10/h(H3,3,4)(H2,5,8). The molecule has 0 aliphatic carbocycles. The Morgan fingerprint density at radius 1 is 1.64 bits per heavy atom. The molecule has 0 saturated heterocycles. The first-order chi connectivity index (χ1) is 4.95. The lowest BCUT2D eigenvalue weighted by Crippen LogP contribution is -2.45. The second-order valence-electron chi connectivity index (χ2n) is 1.32. The monoisotopic (exact) mass is 163 g/mol. The minimum Gasteiger partial charge on any atom is -0.368 e. The van der Waals surface area contributed by atoms with Gasteiger partial charge in [0.15, 0.2) is 0 Å². The minimum atomic E-state index is -1.34. The van der Waals surface area contributed by atoms with Crippen LogP contribution in [-0.4, -0.2) is 22.1 Å². The summed E-state index contributed by atoms with van der Waals surface area (Å²) in [6.07, 6.45) is 0. The van der Waals surface area contributed by atoms with Crippen molar-refractivity contribution in [2.45, 2.75) is 0 Å². The number of nitrogens with zero attached hydrogens (tertiary/aromatic N) is 2. The quantitative estimate of drug-likeness (QED) is 0.193. The molecule has 62 valence electrons. The van der Waals surface area contributed by atoms with E-state index in [9.17, 15) is 14.9 Å². The van der Waals surface area contributed by atoms with Crippen LogP contribution >= 0.6 is 0 Å². The van der Waals surface area contributed by atoms with Crippen molar-refractivity contribution >= 4 is 12.0 Å². The number of nitrogens with one attached hydrogen (secondary N) is 1. The zero-order valence-electron chi connectivity index (χ0n) is 5.18. The first-order valence-corrected chi connectivity index (χ1v) is 2.21. The summed E-state index contributed by atoms with van der Waals surface area (Å²) in [6.45, 7) is 0. The molecule has 2 amide bonds. The Morgan fingerprint density at radius 2 is 2.09 bits per heavy atom. The minimum absolute atomic E-state index is 0.167. The molecule has 0 unspecified atom stereocenters. The van der Waals surface area contributed by atoms with Gasteiger partial charge in [-0.2, -0.15) is 4.94 Å². The van der Waals surface area contributed by atoms with Crippen LogP contribution in [0.15, 0.2) is 0 Å². The molecule has 0 aromatic rings. The second-order valence-corrected chi connectivity index (χ2v) is 1.32. The van der Waals surface area contributed by atoms with Crippen molar-refractivity contribution in [2.75, 3.05) is 0 Å². The molecule has 0 heterocycles. The van der Waals surface area contributed by atoms with E-state index in [-0.39, 0.29) is 5.06 Å². The molecule has 0 radical (unpaired) electrons. The van der Waals surface area contributed by atoms with Gasteiger partial charge in [0.1, 0.15) is 0 Å². The fourth-order valence-electron chi connectivity index (χ4n) is 0.270. The maximum Gasteiger partial charge on any atom is 0.346 e. The fourth-order valence-corrected chi connectivity index (χ4v) is 0.270. The van der Waals surface area contributed by atoms with E-state index >= 15 is 0 Å². The van der Waals surface area contributed by atoms with Crippen LogP contribution in [0, 0.1) is 15.5 Å². The lowest BCUT2D eigenvalue weighted by molar-refractivity contribution is -0.795. The van der Waals surface area contributed by atoms with Crippen LogP contribution in [0.3, 0.4) is 0 Å². The summed E-state index contributed by atoms with van der Waals surface area (Å²) < 4.78 is 0. The van der Waals surface area contributed by atoms with Gasteiger partial charge in [-0.25, -0.2) is 4.79 Å². The molecule has 0 fully saturated rings. The van der Waals surface area contributed by atoms with E-state index in [0.29, 0.717) is 0 Å². The van der Waals surface area contributed by atoms with Crippen molar-refractivity contribution in [3.63, 3.8) is 0 Å². The molecule has 0 atom stereocenters. The van der Waals surface area contributed by atoms with Crippen LogP contribution in [-0.2, 0) is 4.94 Å². The van der Waals surface area contributed by atoms with Crippen molar-refractivity contribution < 1.29 is 14.8 Å². The van der Waals surface area contributed by atoms with Crippen molar-refractivity contribution in [3.8, 4) is 0 Å². The van der Waals surface area contributed by atoms with Crippen molar-refractivity contribution in [2.24, 2.45) is 11.5 Å². The van der Waals surface area contributed by atoms with Gasteiger partial charge < -0.3 is 11.5 Å². The van der Waals surface area contributed by atoms with Gasteiger partial charge >= 0.3 is 11.1 Å². The van der Waals surface area contributed by atoms with Crippen LogP contribution < -0.4 is 11.5 Å². The number of carbonyl (C=O) groups is 1. The van der Waals surface area contributed by atoms with Gasteiger partial charge in [0.05, 0.1) is 0 Å². The number of carbonyl (C=O) groups excluding carboxylic acids is 1. The molecule has 0 rings (SSSR count). The number of guanidine groups is 1. The number of urea groups is 1. The van der Waals surface area contributed by atoms with Crippen molar-refractivity contribution in [3.05, 3.63) is 10.1 Å². The highest BCUT2D eigenvalue weighted by atomic mass is 17.0. The van der Waals surface area contributed by atoms with Crippen molar-refractivity contribution in [1.29, 1.82) is 5.41 Å². The number of nitrogens with two attached hydrogens (primary N) is 2. The number of amides is 2. The van der Waals surface area contributed by atoms with Crippen LogP contribution in [0.2, 0.25) is 0 Å². The number of primary amides is 1. The van der Waals surface area contributed by atoms with E-state index < -0.39 is 17.1 Å². The highest BCUT2D eigenvalue weighted by Crippen LogP contribution is 1.87. The van der Waals surface area contributed by atoms with Gasteiger partial charge in [-0.3, -0.25) is 5.41 Å². The Labute approximate surface area is 60.1 Å². The predicted octanol–water partition coefficient (Wildman–Crippen LogP) is -1.62. The predicted molar refractivity (Wildman–Crippen MR) is 31.4 cm³/mol. The zero-order valence-corrected chi connectivity index (χ0v) is 5.18. The van der Waals surface area contributed by atoms with E-state index in [1.165, 1.54) is 0 Å². The number of hydrogen-bond acceptors (Lipinski definition) is 5. The van der Waals surface area contributed by atoms with E-state index in [1.807, 2.05) is 0 Å². The average molecular weight is 163 g/mol. The highest BCUT2D eigenvalue weighted by molar-refractivity contribution is 5.91. The lowest BCUT2D eigenvalue weighted by Gasteiger charge is -2.12.